The second-order valence-electron chi connectivity index (χ2n) is 2.59. The number of carbonyl (C=O) groups is 1. The van der Waals surface area contributed by atoms with Crippen LogP contribution in [0, 0.1) is 0 Å². The summed E-state index contributed by atoms with van der Waals surface area (Å²) in [7, 11) is 1.25. The molecular weight excluding hydrogens is 268 g/mol. The number of halogens is 1. The van der Waals surface area contributed by atoms with Crippen LogP contribution in [0.3, 0.4) is 0 Å². The number of rotatable bonds is 3. The van der Waals surface area contributed by atoms with Gasteiger partial charge in [0.25, 0.3) is 0 Å². The van der Waals surface area contributed by atoms with E-state index in [0.717, 1.165) is 4.47 Å². The number of hydrogen-bond donors (Lipinski definition) is 1. The van der Waals surface area contributed by atoms with Gasteiger partial charge in [0.1, 0.15) is 6.10 Å². The summed E-state index contributed by atoms with van der Waals surface area (Å²) in [5, 5.41) is 11.5. The molecule has 0 aliphatic carbocycles. The minimum absolute atomic E-state index is 0.0434. The third-order valence-corrected chi connectivity index (χ3v) is 3.38. The largest absolute Gasteiger partial charge is 0.466 e. The lowest BCUT2D eigenvalue weighted by atomic mass is 10.1. The third-order valence-electron chi connectivity index (χ3n) is 1.63. The Kier molecular flexibility index (Phi) is 3.86. The van der Waals surface area contributed by atoms with Crippen LogP contribution < -0.4 is 0 Å². The molecule has 0 radical (unpaired) electrons. The van der Waals surface area contributed by atoms with Gasteiger partial charge >= 0.3 is 5.97 Å². The molecule has 1 atom stereocenters. The fourth-order valence-corrected chi connectivity index (χ4v) is 2.35. The summed E-state index contributed by atoms with van der Waals surface area (Å²) in [4.78, 5) is 11.7. The molecule has 3 nitrogen and oxygen atoms in total. The molecule has 1 rings (SSSR count). The van der Waals surface area contributed by atoms with Gasteiger partial charge in [0.2, 0.25) is 0 Å². The normalized spacial score (nSPS) is 12.2. The molecule has 1 N–H and O–H groups in total. The standard InChI is InChI=1S/C9H9BrO3S/c1-5(9(12)13-2)8(11)7-3-6(10)4-14-7/h3-4,8,11H,1H2,2H3. The molecule has 1 unspecified atom stereocenters. The van der Waals surface area contributed by atoms with E-state index >= 15 is 0 Å². The number of aliphatic hydroxyl groups excluding tert-OH is 1. The SMILES string of the molecule is C=C(C(=O)OC)C(O)c1cc(Br)cs1. The summed E-state index contributed by atoms with van der Waals surface area (Å²) < 4.78 is 5.33. The zero-order valence-corrected chi connectivity index (χ0v) is 9.89. The Morgan fingerprint density at radius 3 is 2.86 bits per heavy atom. The van der Waals surface area contributed by atoms with Crippen LogP contribution in [-0.4, -0.2) is 18.2 Å². The number of carbonyl (C=O) groups excluding carboxylic acids is 1. The van der Waals surface area contributed by atoms with Crippen molar-refractivity contribution < 1.29 is 14.6 Å². The zero-order chi connectivity index (χ0) is 10.7. The van der Waals surface area contributed by atoms with E-state index in [0.29, 0.717) is 4.88 Å². The van der Waals surface area contributed by atoms with Crippen molar-refractivity contribution in [3.63, 3.8) is 0 Å². The van der Waals surface area contributed by atoms with Crippen LogP contribution in [0.15, 0.2) is 28.1 Å². The topological polar surface area (TPSA) is 46.5 Å². The Morgan fingerprint density at radius 2 is 2.43 bits per heavy atom. The highest BCUT2D eigenvalue weighted by atomic mass is 79.9. The third kappa shape index (κ3) is 2.43. The number of ether oxygens (including phenoxy) is 1. The molecule has 5 heteroatoms. The van der Waals surface area contributed by atoms with Crippen molar-refractivity contribution in [1.82, 2.24) is 0 Å². The lowest BCUT2D eigenvalue weighted by Gasteiger charge is -2.09. The van der Waals surface area contributed by atoms with Gasteiger partial charge in [0.15, 0.2) is 0 Å². The van der Waals surface area contributed by atoms with Crippen molar-refractivity contribution in [1.29, 1.82) is 0 Å². The van der Waals surface area contributed by atoms with Crippen LogP contribution in [0.1, 0.15) is 11.0 Å². The number of thiophene rings is 1. The second-order valence-corrected chi connectivity index (χ2v) is 4.45. The van der Waals surface area contributed by atoms with Crippen molar-refractivity contribution in [2.24, 2.45) is 0 Å². The van der Waals surface area contributed by atoms with E-state index in [9.17, 15) is 9.90 Å². The Hall–Kier alpha value is -0.650. The maximum Gasteiger partial charge on any atom is 0.336 e. The summed E-state index contributed by atoms with van der Waals surface area (Å²) in [6.07, 6.45) is -0.987. The molecule has 76 valence electrons. The van der Waals surface area contributed by atoms with Gasteiger partial charge in [-0.2, -0.15) is 0 Å². The molecule has 0 fully saturated rings. The first-order chi connectivity index (χ1) is 6.56. The summed E-state index contributed by atoms with van der Waals surface area (Å²) in [6.45, 7) is 3.48. The summed E-state index contributed by atoms with van der Waals surface area (Å²) >= 11 is 4.61. The Labute approximate surface area is 94.1 Å². The Bertz CT molecular complexity index is 359. The van der Waals surface area contributed by atoms with Gasteiger partial charge in [-0.3, -0.25) is 0 Å². The lowest BCUT2D eigenvalue weighted by Crippen LogP contribution is -2.10. The first kappa shape index (κ1) is 11.4. The van der Waals surface area contributed by atoms with E-state index in [4.69, 9.17) is 0 Å². The molecule has 1 aromatic heterocycles. The van der Waals surface area contributed by atoms with Crippen LogP contribution in [0.25, 0.3) is 0 Å². The van der Waals surface area contributed by atoms with Gasteiger partial charge in [0.05, 0.1) is 12.7 Å². The average Bonchev–Trinajstić information content (AvgIpc) is 2.61. The van der Waals surface area contributed by atoms with Gasteiger partial charge < -0.3 is 9.84 Å². The van der Waals surface area contributed by atoms with Crippen LogP contribution in [0.5, 0.6) is 0 Å². The van der Waals surface area contributed by atoms with E-state index in [-0.39, 0.29) is 5.57 Å². The van der Waals surface area contributed by atoms with Crippen LogP contribution in [0.2, 0.25) is 0 Å². The molecule has 0 saturated carbocycles. The number of esters is 1. The quantitative estimate of drug-likeness (QED) is 0.681. The fraction of sp³-hybridized carbons (Fsp3) is 0.222. The summed E-state index contributed by atoms with van der Waals surface area (Å²) in [6, 6.07) is 1.74. The molecule has 0 spiro atoms. The van der Waals surface area contributed by atoms with Crippen molar-refractivity contribution in [2.45, 2.75) is 6.10 Å². The summed E-state index contributed by atoms with van der Waals surface area (Å²) in [5.41, 5.74) is 0.0434. The van der Waals surface area contributed by atoms with Gasteiger partial charge in [-0.15, -0.1) is 11.3 Å². The minimum atomic E-state index is -0.987. The lowest BCUT2D eigenvalue weighted by molar-refractivity contribution is -0.137. The van der Waals surface area contributed by atoms with E-state index in [1.54, 1.807) is 6.07 Å². The van der Waals surface area contributed by atoms with E-state index in [1.165, 1.54) is 18.4 Å². The fourth-order valence-electron chi connectivity index (χ4n) is 0.886. The van der Waals surface area contributed by atoms with Gasteiger partial charge in [-0.25, -0.2) is 4.79 Å². The van der Waals surface area contributed by atoms with Crippen molar-refractivity contribution >= 4 is 33.2 Å². The minimum Gasteiger partial charge on any atom is -0.466 e. The van der Waals surface area contributed by atoms with Crippen LogP contribution in [-0.2, 0) is 9.53 Å². The predicted octanol–water partition coefficient (Wildman–Crippen LogP) is 2.27. The van der Waals surface area contributed by atoms with Crippen molar-refractivity contribution in [2.75, 3.05) is 7.11 Å². The predicted molar refractivity (Wildman–Crippen MR) is 58.1 cm³/mol. The highest BCUT2D eigenvalue weighted by Gasteiger charge is 2.20. The number of hydrogen-bond acceptors (Lipinski definition) is 4. The molecule has 14 heavy (non-hydrogen) atoms. The molecule has 0 saturated heterocycles. The monoisotopic (exact) mass is 276 g/mol. The molecular formula is C9H9BrO3S. The van der Waals surface area contributed by atoms with Gasteiger partial charge in [0, 0.05) is 14.7 Å². The first-order valence-corrected chi connectivity index (χ1v) is 5.42. The van der Waals surface area contributed by atoms with Crippen molar-refractivity contribution in [3.8, 4) is 0 Å². The number of methoxy groups -OCH3 is 1. The molecule has 0 aromatic carbocycles. The van der Waals surface area contributed by atoms with Crippen LogP contribution in [0.4, 0.5) is 0 Å². The smallest absolute Gasteiger partial charge is 0.336 e. The summed E-state index contributed by atoms with van der Waals surface area (Å²) in [5.74, 6) is -0.595. The van der Waals surface area contributed by atoms with E-state index in [2.05, 4.69) is 27.2 Å². The molecule has 1 heterocycles. The van der Waals surface area contributed by atoms with Crippen LogP contribution >= 0.6 is 27.3 Å². The maximum absolute atomic E-state index is 11.0. The van der Waals surface area contributed by atoms with E-state index < -0.39 is 12.1 Å². The second kappa shape index (κ2) is 4.72. The zero-order valence-electron chi connectivity index (χ0n) is 7.49. The molecule has 0 aliphatic rings. The first-order valence-electron chi connectivity index (χ1n) is 3.75. The highest BCUT2D eigenvalue weighted by Crippen LogP contribution is 2.29. The molecule has 0 bridgehead atoms. The molecule has 0 aliphatic heterocycles. The molecule has 0 amide bonds. The molecule has 1 aromatic rings. The average molecular weight is 277 g/mol. The van der Waals surface area contributed by atoms with Gasteiger partial charge in [-0.05, 0) is 22.0 Å². The highest BCUT2D eigenvalue weighted by molar-refractivity contribution is 9.10. The Morgan fingerprint density at radius 1 is 1.79 bits per heavy atom. The Balaban J connectivity index is 2.80. The van der Waals surface area contributed by atoms with E-state index in [1.807, 2.05) is 5.38 Å². The van der Waals surface area contributed by atoms with Gasteiger partial charge in [-0.1, -0.05) is 6.58 Å². The maximum atomic E-state index is 11.0. The van der Waals surface area contributed by atoms with Crippen molar-refractivity contribution in [3.05, 3.63) is 32.9 Å². The number of aliphatic hydroxyl groups is 1.